The van der Waals surface area contributed by atoms with Crippen molar-refractivity contribution < 1.29 is 9.90 Å². The third-order valence-electron chi connectivity index (χ3n) is 4.92. The van der Waals surface area contributed by atoms with Gasteiger partial charge in [0.15, 0.2) is 0 Å². The molecule has 1 aliphatic carbocycles. The van der Waals surface area contributed by atoms with Gasteiger partial charge in [0.1, 0.15) is 5.82 Å². The van der Waals surface area contributed by atoms with Gasteiger partial charge in [0, 0.05) is 29.2 Å². The summed E-state index contributed by atoms with van der Waals surface area (Å²) in [5.74, 6) is -0.0306. The van der Waals surface area contributed by atoms with Crippen LogP contribution in [0.3, 0.4) is 0 Å². The standard InChI is InChI=1S/C17H19ClN4O2/c18-9-1-3-14-12(7-9)11(5-6-20-14)17(24)22-15-4-2-10(23)8-13(15)16(19)21-22/h1,3,7,10-11,20,23H,2,4-6,8H2,(H2,19,21)/t10-,11+/m1/s1. The highest BCUT2D eigenvalue weighted by molar-refractivity contribution is 6.30. The molecule has 1 aromatic heterocycles. The molecule has 0 fully saturated rings. The number of halogens is 1. The van der Waals surface area contributed by atoms with Crippen molar-refractivity contribution in [3.05, 3.63) is 40.0 Å². The minimum absolute atomic E-state index is 0.0793. The number of aliphatic hydroxyl groups is 1. The Morgan fingerprint density at radius 1 is 1.42 bits per heavy atom. The van der Waals surface area contributed by atoms with Crippen LogP contribution in [-0.2, 0) is 12.8 Å². The van der Waals surface area contributed by atoms with E-state index in [2.05, 4.69) is 10.4 Å². The van der Waals surface area contributed by atoms with Crippen molar-refractivity contribution in [2.75, 3.05) is 17.6 Å². The van der Waals surface area contributed by atoms with Crippen LogP contribution >= 0.6 is 11.6 Å². The molecule has 0 unspecified atom stereocenters. The van der Waals surface area contributed by atoms with Gasteiger partial charge in [-0.3, -0.25) is 4.79 Å². The molecule has 4 N–H and O–H groups in total. The van der Waals surface area contributed by atoms with E-state index in [0.29, 0.717) is 36.5 Å². The lowest BCUT2D eigenvalue weighted by atomic mass is 9.89. The highest BCUT2D eigenvalue weighted by Crippen LogP contribution is 2.36. The minimum Gasteiger partial charge on any atom is -0.393 e. The van der Waals surface area contributed by atoms with Crippen LogP contribution in [0.5, 0.6) is 0 Å². The largest absolute Gasteiger partial charge is 0.393 e. The highest BCUT2D eigenvalue weighted by atomic mass is 35.5. The Morgan fingerprint density at radius 2 is 2.25 bits per heavy atom. The van der Waals surface area contributed by atoms with Gasteiger partial charge in [0.2, 0.25) is 0 Å². The molecule has 7 heteroatoms. The summed E-state index contributed by atoms with van der Waals surface area (Å²) in [5, 5.41) is 18.0. The summed E-state index contributed by atoms with van der Waals surface area (Å²) in [6.45, 7) is 0.725. The molecule has 0 spiro atoms. The molecular weight excluding hydrogens is 328 g/mol. The first kappa shape index (κ1) is 15.5. The van der Waals surface area contributed by atoms with Gasteiger partial charge in [-0.25, -0.2) is 4.68 Å². The Morgan fingerprint density at radius 3 is 3.08 bits per heavy atom. The number of hydrogen-bond acceptors (Lipinski definition) is 5. The number of aromatic nitrogens is 2. The molecule has 1 aromatic carbocycles. The molecule has 24 heavy (non-hydrogen) atoms. The average Bonchev–Trinajstić information content (AvgIpc) is 2.90. The van der Waals surface area contributed by atoms with E-state index >= 15 is 0 Å². The molecule has 2 heterocycles. The number of fused-ring (bicyclic) bond motifs is 2. The molecular formula is C17H19ClN4O2. The molecule has 2 aromatic rings. The van der Waals surface area contributed by atoms with Crippen LogP contribution in [0.25, 0.3) is 0 Å². The van der Waals surface area contributed by atoms with Gasteiger partial charge in [-0.2, -0.15) is 0 Å². The van der Waals surface area contributed by atoms with Crippen LogP contribution in [0, 0.1) is 0 Å². The normalized spacial score (nSPS) is 22.4. The van der Waals surface area contributed by atoms with Gasteiger partial charge >= 0.3 is 0 Å². The number of aliphatic hydroxyl groups excluding tert-OH is 1. The molecule has 0 saturated heterocycles. The predicted molar refractivity (Wildman–Crippen MR) is 92.6 cm³/mol. The van der Waals surface area contributed by atoms with Crippen molar-refractivity contribution in [1.29, 1.82) is 0 Å². The zero-order valence-corrected chi connectivity index (χ0v) is 13.9. The minimum atomic E-state index is -0.411. The van der Waals surface area contributed by atoms with E-state index in [9.17, 15) is 9.90 Å². The number of hydrogen-bond donors (Lipinski definition) is 3. The first-order valence-electron chi connectivity index (χ1n) is 8.16. The molecule has 0 radical (unpaired) electrons. The zero-order valence-electron chi connectivity index (χ0n) is 13.1. The topological polar surface area (TPSA) is 93.2 Å². The van der Waals surface area contributed by atoms with Gasteiger partial charge in [-0.15, -0.1) is 5.10 Å². The van der Waals surface area contributed by atoms with Gasteiger partial charge in [-0.1, -0.05) is 11.6 Å². The van der Waals surface area contributed by atoms with Gasteiger partial charge in [0.05, 0.1) is 17.7 Å². The Kier molecular flexibility index (Phi) is 3.73. The second kappa shape index (κ2) is 5.79. The summed E-state index contributed by atoms with van der Waals surface area (Å²) >= 11 is 6.12. The summed E-state index contributed by atoms with van der Waals surface area (Å²) in [4.78, 5) is 13.2. The fourth-order valence-electron chi connectivity index (χ4n) is 3.70. The van der Waals surface area contributed by atoms with Crippen molar-refractivity contribution in [2.45, 2.75) is 37.7 Å². The number of rotatable bonds is 1. The van der Waals surface area contributed by atoms with E-state index in [1.807, 2.05) is 18.2 Å². The average molecular weight is 347 g/mol. The van der Waals surface area contributed by atoms with Crippen LogP contribution < -0.4 is 11.1 Å². The smallest absolute Gasteiger partial charge is 0.254 e. The van der Waals surface area contributed by atoms with Gasteiger partial charge in [0.25, 0.3) is 5.91 Å². The number of nitrogen functional groups attached to an aromatic ring is 1. The first-order chi connectivity index (χ1) is 11.5. The maximum atomic E-state index is 13.2. The van der Waals surface area contributed by atoms with Gasteiger partial charge in [-0.05, 0) is 43.0 Å². The Balaban J connectivity index is 1.74. The van der Waals surface area contributed by atoms with Crippen LogP contribution in [-0.4, -0.2) is 33.4 Å². The lowest BCUT2D eigenvalue weighted by Crippen LogP contribution is -2.30. The fourth-order valence-corrected chi connectivity index (χ4v) is 3.88. The summed E-state index contributed by atoms with van der Waals surface area (Å²) < 4.78 is 1.46. The van der Waals surface area contributed by atoms with E-state index in [0.717, 1.165) is 29.1 Å². The maximum Gasteiger partial charge on any atom is 0.254 e. The van der Waals surface area contributed by atoms with E-state index in [-0.39, 0.29) is 11.8 Å². The third-order valence-corrected chi connectivity index (χ3v) is 5.15. The summed E-state index contributed by atoms with van der Waals surface area (Å²) in [6, 6.07) is 5.56. The maximum absolute atomic E-state index is 13.2. The van der Waals surface area contributed by atoms with Crippen LogP contribution in [0.15, 0.2) is 18.2 Å². The number of anilines is 2. The Bertz CT molecular complexity index is 817. The summed E-state index contributed by atoms with van der Waals surface area (Å²) in [5.41, 5.74) is 9.47. The second-order valence-electron chi connectivity index (χ2n) is 6.46. The molecule has 2 aliphatic rings. The number of nitrogens with zero attached hydrogens (tertiary/aromatic N) is 2. The monoisotopic (exact) mass is 346 g/mol. The fraction of sp³-hybridized carbons (Fsp3) is 0.412. The van der Waals surface area contributed by atoms with E-state index in [1.54, 1.807) is 0 Å². The number of nitrogens with two attached hydrogens (primary N) is 1. The SMILES string of the molecule is Nc1nn(C(=O)[C@H]2CCNc3ccc(Cl)cc32)c2c1C[C@H](O)CC2. The lowest BCUT2D eigenvalue weighted by Gasteiger charge is -2.26. The van der Waals surface area contributed by atoms with Crippen molar-refractivity contribution in [3.63, 3.8) is 0 Å². The molecule has 4 rings (SSSR count). The van der Waals surface area contributed by atoms with Gasteiger partial charge < -0.3 is 16.2 Å². The Labute approximate surface area is 144 Å². The molecule has 0 amide bonds. The third kappa shape index (κ3) is 2.46. The van der Waals surface area contributed by atoms with E-state index in [1.165, 1.54) is 4.68 Å². The van der Waals surface area contributed by atoms with Crippen molar-refractivity contribution in [2.24, 2.45) is 0 Å². The zero-order chi connectivity index (χ0) is 16.8. The Hall–Kier alpha value is -2.05. The lowest BCUT2D eigenvalue weighted by molar-refractivity contribution is 0.0848. The van der Waals surface area contributed by atoms with E-state index < -0.39 is 6.10 Å². The molecule has 126 valence electrons. The number of carbonyl (C=O) groups is 1. The van der Waals surface area contributed by atoms with Crippen LogP contribution in [0.1, 0.15) is 40.4 Å². The number of benzene rings is 1. The predicted octanol–water partition coefficient (Wildman–Crippen LogP) is 2.21. The number of nitrogens with one attached hydrogen (secondary N) is 1. The second-order valence-corrected chi connectivity index (χ2v) is 6.89. The molecule has 2 atom stereocenters. The van der Waals surface area contributed by atoms with Crippen LogP contribution in [0.4, 0.5) is 11.5 Å². The van der Waals surface area contributed by atoms with Crippen molar-refractivity contribution in [1.82, 2.24) is 9.78 Å². The quantitative estimate of drug-likeness (QED) is 0.736. The molecule has 6 nitrogen and oxygen atoms in total. The molecule has 0 bridgehead atoms. The first-order valence-corrected chi connectivity index (χ1v) is 8.54. The molecule has 0 saturated carbocycles. The number of carbonyl (C=O) groups excluding carboxylic acids is 1. The molecule has 1 aliphatic heterocycles. The van der Waals surface area contributed by atoms with E-state index in [4.69, 9.17) is 17.3 Å². The van der Waals surface area contributed by atoms with Crippen molar-refractivity contribution >= 4 is 29.0 Å². The van der Waals surface area contributed by atoms with Crippen molar-refractivity contribution in [3.8, 4) is 0 Å². The summed E-state index contributed by atoms with van der Waals surface area (Å²) in [7, 11) is 0. The van der Waals surface area contributed by atoms with Crippen LogP contribution in [0.2, 0.25) is 5.02 Å². The summed E-state index contributed by atoms with van der Waals surface area (Å²) in [6.07, 6.45) is 1.97. The highest BCUT2D eigenvalue weighted by Gasteiger charge is 2.32.